The SMILES string of the molecule is COC(=O)/C([Se])=C(\[Se])C(=O)OC. The minimum absolute atomic E-state index is 0.0874. The Hall–Kier alpha value is -0.281. The molecule has 0 aromatic heterocycles. The van der Waals surface area contributed by atoms with Crippen LogP contribution in [-0.2, 0) is 19.1 Å². The van der Waals surface area contributed by atoms with E-state index in [0.29, 0.717) is 0 Å². The van der Waals surface area contributed by atoms with Crippen LogP contribution in [0.4, 0.5) is 0 Å². The third-order valence-corrected chi connectivity index (χ3v) is 3.16. The van der Waals surface area contributed by atoms with Crippen LogP contribution >= 0.6 is 0 Å². The summed E-state index contributed by atoms with van der Waals surface area (Å²) in [6.07, 6.45) is 0. The fraction of sp³-hybridized carbons (Fsp3) is 0.333. The summed E-state index contributed by atoms with van der Waals surface area (Å²) in [5.74, 6) is -1.21. The molecule has 0 aliphatic heterocycles. The summed E-state index contributed by atoms with van der Waals surface area (Å²) < 4.78 is 8.92. The molecule has 6 heteroatoms. The topological polar surface area (TPSA) is 52.6 Å². The predicted molar refractivity (Wildman–Crippen MR) is 42.6 cm³/mol. The number of esters is 2. The number of hydrogen-bond acceptors (Lipinski definition) is 4. The van der Waals surface area contributed by atoms with E-state index in [9.17, 15) is 9.59 Å². The fourth-order valence-electron chi connectivity index (χ4n) is 0.371. The van der Waals surface area contributed by atoms with Gasteiger partial charge in [0.25, 0.3) is 0 Å². The van der Waals surface area contributed by atoms with Crippen molar-refractivity contribution < 1.29 is 19.1 Å². The molecule has 0 saturated heterocycles. The molecular weight excluding hydrogens is 294 g/mol. The van der Waals surface area contributed by atoms with Gasteiger partial charge in [-0.25, -0.2) is 0 Å². The number of methoxy groups -OCH3 is 2. The summed E-state index contributed by atoms with van der Waals surface area (Å²) in [5.41, 5.74) is 0. The first-order valence-corrected chi connectivity index (χ1v) is 4.50. The van der Waals surface area contributed by atoms with Gasteiger partial charge in [0.2, 0.25) is 0 Å². The summed E-state index contributed by atoms with van der Waals surface area (Å²) in [5, 5.41) is 0. The molecule has 0 spiro atoms. The van der Waals surface area contributed by atoms with Crippen molar-refractivity contribution in [3.05, 3.63) is 8.94 Å². The van der Waals surface area contributed by atoms with E-state index in [2.05, 4.69) is 41.5 Å². The Morgan fingerprint density at radius 2 is 1.17 bits per heavy atom. The zero-order chi connectivity index (χ0) is 9.72. The van der Waals surface area contributed by atoms with Crippen LogP contribution in [0.5, 0.6) is 0 Å². The Bertz CT molecular complexity index is 210. The number of carbonyl (C=O) groups excluding carboxylic acids is 2. The summed E-state index contributed by atoms with van der Waals surface area (Å²) in [6, 6.07) is 0. The van der Waals surface area contributed by atoms with Gasteiger partial charge in [0, 0.05) is 0 Å². The number of hydrogen-bond donors (Lipinski definition) is 0. The van der Waals surface area contributed by atoms with E-state index in [1.54, 1.807) is 0 Å². The molecule has 0 unspecified atom stereocenters. The van der Waals surface area contributed by atoms with Gasteiger partial charge in [0.15, 0.2) is 0 Å². The van der Waals surface area contributed by atoms with Crippen LogP contribution in [0.1, 0.15) is 0 Å². The van der Waals surface area contributed by atoms with E-state index in [4.69, 9.17) is 0 Å². The van der Waals surface area contributed by atoms with Crippen LogP contribution in [0.25, 0.3) is 0 Å². The number of carbonyl (C=O) groups is 2. The van der Waals surface area contributed by atoms with Crippen LogP contribution in [0.15, 0.2) is 8.94 Å². The van der Waals surface area contributed by atoms with Gasteiger partial charge in [-0.3, -0.25) is 0 Å². The summed E-state index contributed by atoms with van der Waals surface area (Å²) in [6.45, 7) is 0. The molecule has 66 valence electrons. The molecule has 0 aromatic carbocycles. The normalized spacial score (nSPS) is 11.5. The average molecular weight is 300 g/mol. The van der Waals surface area contributed by atoms with Gasteiger partial charge >= 0.3 is 86.2 Å². The van der Waals surface area contributed by atoms with Crippen LogP contribution in [0.3, 0.4) is 0 Å². The van der Waals surface area contributed by atoms with Crippen molar-refractivity contribution in [3.63, 3.8) is 0 Å². The molecule has 0 aliphatic carbocycles. The molecule has 0 saturated carbocycles. The van der Waals surface area contributed by atoms with Gasteiger partial charge in [0.05, 0.1) is 0 Å². The molecule has 0 heterocycles. The van der Waals surface area contributed by atoms with E-state index >= 15 is 0 Å². The van der Waals surface area contributed by atoms with E-state index in [1.807, 2.05) is 0 Å². The first-order chi connectivity index (χ1) is 5.54. The molecule has 4 nitrogen and oxygen atoms in total. The molecule has 0 rings (SSSR count). The first kappa shape index (κ1) is 11.7. The monoisotopic (exact) mass is 302 g/mol. The van der Waals surface area contributed by atoms with Crippen molar-refractivity contribution in [1.82, 2.24) is 0 Å². The molecule has 0 bridgehead atoms. The zero-order valence-corrected chi connectivity index (χ0v) is 9.88. The average Bonchev–Trinajstić information content (AvgIpc) is 2.12. The molecular formula is C6H6O4Se2. The molecule has 2 radical (unpaired) electrons. The van der Waals surface area contributed by atoms with Crippen LogP contribution in [-0.4, -0.2) is 58.2 Å². The van der Waals surface area contributed by atoms with Crippen LogP contribution in [0, 0.1) is 0 Å². The van der Waals surface area contributed by atoms with Crippen molar-refractivity contribution in [2.45, 2.75) is 0 Å². The van der Waals surface area contributed by atoms with E-state index in [-0.39, 0.29) is 8.94 Å². The summed E-state index contributed by atoms with van der Waals surface area (Å²) in [4.78, 5) is 21.7. The molecule has 12 heavy (non-hydrogen) atoms. The molecule has 0 aliphatic rings. The standard InChI is InChI=1S/C6H6O4Se2/c1-9-5(7)3(11)4(12)6(8)10-2/h1-2H3/b4-3+. The van der Waals surface area contributed by atoms with Crippen molar-refractivity contribution in [1.29, 1.82) is 0 Å². The van der Waals surface area contributed by atoms with Gasteiger partial charge in [-0.1, -0.05) is 0 Å². The van der Waals surface area contributed by atoms with Gasteiger partial charge < -0.3 is 0 Å². The molecule has 0 fully saturated rings. The Labute approximate surface area is 86.3 Å². The van der Waals surface area contributed by atoms with Crippen molar-refractivity contribution in [3.8, 4) is 0 Å². The molecule has 0 atom stereocenters. The molecule has 0 aromatic rings. The molecule has 0 amide bonds. The Kier molecular flexibility index (Phi) is 5.25. The van der Waals surface area contributed by atoms with Crippen molar-refractivity contribution in [2.75, 3.05) is 14.2 Å². The van der Waals surface area contributed by atoms with Gasteiger partial charge in [0.1, 0.15) is 0 Å². The van der Waals surface area contributed by atoms with E-state index in [0.717, 1.165) is 0 Å². The third-order valence-electron chi connectivity index (χ3n) is 0.948. The molecule has 0 N–H and O–H groups in total. The van der Waals surface area contributed by atoms with Crippen LogP contribution in [0.2, 0.25) is 0 Å². The van der Waals surface area contributed by atoms with Crippen LogP contribution < -0.4 is 0 Å². The van der Waals surface area contributed by atoms with Crippen molar-refractivity contribution >= 4 is 44.0 Å². The summed E-state index contributed by atoms with van der Waals surface area (Å²) >= 11 is 4.83. The first-order valence-electron chi connectivity index (χ1n) is 2.79. The van der Waals surface area contributed by atoms with Gasteiger partial charge in [-0.15, -0.1) is 0 Å². The Morgan fingerprint density at radius 3 is 1.33 bits per heavy atom. The second kappa shape index (κ2) is 5.38. The second-order valence-electron chi connectivity index (χ2n) is 1.64. The fourth-order valence-corrected chi connectivity index (χ4v) is 1.07. The third kappa shape index (κ3) is 2.99. The maximum atomic E-state index is 10.8. The van der Waals surface area contributed by atoms with E-state index < -0.39 is 11.9 Å². The Morgan fingerprint density at radius 1 is 0.917 bits per heavy atom. The minimum atomic E-state index is -0.603. The zero-order valence-electron chi connectivity index (χ0n) is 6.45. The second-order valence-corrected chi connectivity index (χ2v) is 3.35. The quantitative estimate of drug-likeness (QED) is 0.368. The Balaban J connectivity index is 4.68. The van der Waals surface area contributed by atoms with Gasteiger partial charge in [-0.2, -0.15) is 0 Å². The van der Waals surface area contributed by atoms with Crippen molar-refractivity contribution in [2.24, 2.45) is 0 Å². The number of ether oxygens (including phenoxy) is 2. The predicted octanol–water partition coefficient (Wildman–Crippen LogP) is -1.12. The van der Waals surface area contributed by atoms with Gasteiger partial charge in [-0.05, 0) is 0 Å². The number of rotatable bonds is 2. The maximum absolute atomic E-state index is 10.8. The van der Waals surface area contributed by atoms with E-state index in [1.165, 1.54) is 14.2 Å². The summed E-state index contributed by atoms with van der Waals surface area (Å²) in [7, 11) is 2.45.